The highest BCUT2D eigenvalue weighted by atomic mass is 14.6. The van der Waals surface area contributed by atoms with Gasteiger partial charge in [0.2, 0.25) is 0 Å². The number of aromatic nitrogens is 2. The highest BCUT2D eigenvalue weighted by Gasteiger charge is 2.18. The molecule has 2 nitrogen and oxygen atoms in total. The van der Waals surface area contributed by atoms with E-state index < -0.39 is 0 Å². The minimum atomic E-state index is 1.16. The first-order valence-corrected chi connectivity index (χ1v) is 14.9. The van der Waals surface area contributed by atoms with Gasteiger partial charge in [0.15, 0.2) is 0 Å². The molecule has 0 radical (unpaired) electrons. The number of hydrogen-bond acceptors (Lipinski definition) is 2. The first-order valence-electron chi connectivity index (χ1n) is 14.9. The van der Waals surface area contributed by atoms with Gasteiger partial charge < -0.3 is 0 Å². The summed E-state index contributed by atoms with van der Waals surface area (Å²) in [5, 5.41) is 4.95. The van der Waals surface area contributed by atoms with Crippen molar-refractivity contribution in [3.05, 3.63) is 170 Å². The van der Waals surface area contributed by atoms with Crippen LogP contribution in [0.1, 0.15) is 0 Å². The fraction of sp³-hybridized carbons (Fsp3) is 0. The highest BCUT2D eigenvalue weighted by molar-refractivity contribution is 6.22. The molecule has 2 heteroatoms. The molecule has 0 unspecified atom stereocenters. The third kappa shape index (κ3) is 4.63. The van der Waals surface area contributed by atoms with Crippen molar-refractivity contribution in [2.45, 2.75) is 0 Å². The smallest absolute Gasteiger partial charge is 0.0273 e. The number of fused-ring (bicyclic) bond motifs is 2. The maximum absolute atomic E-state index is 4.23. The Labute approximate surface area is 257 Å². The van der Waals surface area contributed by atoms with Gasteiger partial charge >= 0.3 is 0 Å². The Bertz CT molecular complexity index is 2260. The fourth-order valence-electron chi connectivity index (χ4n) is 6.41. The molecule has 2 heterocycles. The molecule has 0 bridgehead atoms. The van der Waals surface area contributed by atoms with Crippen LogP contribution in [0.25, 0.3) is 77.2 Å². The first kappa shape index (κ1) is 25.8. The number of hydrogen-bond donors (Lipinski definition) is 0. The molecule has 0 aliphatic rings. The Kier molecular flexibility index (Phi) is 6.51. The fourth-order valence-corrected chi connectivity index (χ4v) is 6.41. The van der Waals surface area contributed by atoms with E-state index in [-0.39, 0.29) is 0 Å². The van der Waals surface area contributed by atoms with Crippen molar-refractivity contribution in [2.75, 3.05) is 0 Å². The molecular weight excluding hydrogens is 532 g/mol. The molecule has 2 aromatic heterocycles. The number of pyridine rings is 2. The van der Waals surface area contributed by atoms with E-state index in [4.69, 9.17) is 0 Å². The molecule has 8 aromatic rings. The van der Waals surface area contributed by atoms with E-state index in [2.05, 4.69) is 156 Å². The van der Waals surface area contributed by atoms with Crippen molar-refractivity contribution in [3.8, 4) is 55.6 Å². The lowest BCUT2D eigenvalue weighted by Crippen LogP contribution is -1.92. The van der Waals surface area contributed by atoms with Gasteiger partial charge in [-0.2, -0.15) is 0 Å². The third-order valence-corrected chi connectivity index (χ3v) is 8.46. The van der Waals surface area contributed by atoms with Gasteiger partial charge in [0.25, 0.3) is 0 Å². The Morgan fingerprint density at radius 2 is 0.659 bits per heavy atom. The summed E-state index contributed by atoms with van der Waals surface area (Å²) < 4.78 is 0. The minimum Gasteiger partial charge on any atom is -0.265 e. The maximum Gasteiger partial charge on any atom is 0.0273 e. The lowest BCUT2D eigenvalue weighted by Gasteiger charge is -2.19. The summed E-state index contributed by atoms with van der Waals surface area (Å²) in [6.45, 7) is 0. The predicted octanol–water partition coefficient (Wildman–Crippen LogP) is 11.1. The van der Waals surface area contributed by atoms with Crippen LogP contribution in [0.3, 0.4) is 0 Å². The molecule has 44 heavy (non-hydrogen) atoms. The van der Waals surface area contributed by atoms with Crippen molar-refractivity contribution in [1.29, 1.82) is 0 Å². The lowest BCUT2D eigenvalue weighted by atomic mass is 9.84. The van der Waals surface area contributed by atoms with Gasteiger partial charge in [0.1, 0.15) is 0 Å². The van der Waals surface area contributed by atoms with E-state index in [1.807, 2.05) is 24.8 Å². The van der Waals surface area contributed by atoms with Crippen LogP contribution in [-0.2, 0) is 0 Å². The third-order valence-electron chi connectivity index (χ3n) is 8.46. The van der Waals surface area contributed by atoms with Gasteiger partial charge in [-0.1, -0.05) is 103 Å². The summed E-state index contributed by atoms with van der Waals surface area (Å²) in [5.74, 6) is 0. The molecule has 0 aliphatic carbocycles. The minimum absolute atomic E-state index is 1.16. The second-order valence-corrected chi connectivity index (χ2v) is 11.1. The molecule has 6 aromatic carbocycles. The van der Waals surface area contributed by atoms with Crippen LogP contribution >= 0.6 is 0 Å². The van der Waals surface area contributed by atoms with Crippen LogP contribution in [0.15, 0.2) is 170 Å². The number of nitrogens with zero attached hydrogens (tertiary/aromatic N) is 2. The van der Waals surface area contributed by atoms with Crippen molar-refractivity contribution in [2.24, 2.45) is 0 Å². The molecule has 0 saturated heterocycles. The molecule has 0 N–H and O–H groups in total. The molecule has 0 aliphatic heterocycles. The normalized spacial score (nSPS) is 11.2. The number of benzene rings is 6. The Hall–Kier alpha value is -5.86. The molecular formula is C42H28N2. The van der Waals surface area contributed by atoms with Crippen molar-refractivity contribution >= 4 is 21.5 Å². The monoisotopic (exact) mass is 560 g/mol. The molecule has 0 saturated carbocycles. The quantitative estimate of drug-likeness (QED) is 0.196. The van der Waals surface area contributed by atoms with E-state index in [9.17, 15) is 0 Å². The van der Waals surface area contributed by atoms with Crippen LogP contribution in [0, 0.1) is 0 Å². The second-order valence-electron chi connectivity index (χ2n) is 11.1. The van der Waals surface area contributed by atoms with Crippen LogP contribution in [0.4, 0.5) is 0 Å². The van der Waals surface area contributed by atoms with Gasteiger partial charge in [-0.05, 0) is 120 Å². The molecule has 0 amide bonds. The number of rotatable bonds is 5. The van der Waals surface area contributed by atoms with E-state index in [1.54, 1.807) is 0 Å². The van der Waals surface area contributed by atoms with Crippen LogP contribution < -0.4 is 0 Å². The summed E-state index contributed by atoms with van der Waals surface area (Å²) in [6.07, 6.45) is 7.42. The van der Waals surface area contributed by atoms with Gasteiger partial charge in [0, 0.05) is 24.8 Å². The lowest BCUT2D eigenvalue weighted by molar-refractivity contribution is 1.33. The highest BCUT2D eigenvalue weighted by Crippen LogP contribution is 2.45. The standard InChI is InChI=1S/C42H28N2/c1-2-8-29(9-3-1)34-16-17-39-40(28-34)42(36-13-7-11-33(27-36)31-20-24-44-25-21-31)38-15-5-4-14-37(38)41(39)35-12-6-10-32(26-35)30-18-22-43-23-19-30/h1-28H. The summed E-state index contributed by atoms with van der Waals surface area (Å²) in [7, 11) is 0. The average Bonchev–Trinajstić information content (AvgIpc) is 3.11. The van der Waals surface area contributed by atoms with Crippen molar-refractivity contribution in [1.82, 2.24) is 9.97 Å². The summed E-state index contributed by atoms with van der Waals surface area (Å²) in [6, 6.07) is 52.5. The van der Waals surface area contributed by atoms with Gasteiger partial charge in [0.05, 0.1) is 0 Å². The Morgan fingerprint density at radius 3 is 1.23 bits per heavy atom. The van der Waals surface area contributed by atoms with E-state index in [1.165, 1.54) is 66.1 Å². The Morgan fingerprint density at radius 1 is 0.250 bits per heavy atom. The largest absolute Gasteiger partial charge is 0.265 e. The zero-order chi connectivity index (χ0) is 29.3. The first-order chi connectivity index (χ1) is 21.8. The zero-order valence-electron chi connectivity index (χ0n) is 24.1. The average molecular weight is 561 g/mol. The molecule has 206 valence electrons. The predicted molar refractivity (Wildman–Crippen MR) is 184 cm³/mol. The summed E-state index contributed by atoms with van der Waals surface area (Å²) >= 11 is 0. The van der Waals surface area contributed by atoms with E-state index >= 15 is 0 Å². The van der Waals surface area contributed by atoms with Crippen molar-refractivity contribution in [3.63, 3.8) is 0 Å². The topological polar surface area (TPSA) is 25.8 Å². The van der Waals surface area contributed by atoms with Crippen LogP contribution in [0.2, 0.25) is 0 Å². The summed E-state index contributed by atoms with van der Waals surface area (Å²) in [4.78, 5) is 8.46. The second kappa shape index (κ2) is 11.1. The van der Waals surface area contributed by atoms with Gasteiger partial charge in [-0.15, -0.1) is 0 Å². The maximum atomic E-state index is 4.23. The van der Waals surface area contributed by atoms with E-state index in [0.717, 1.165) is 11.1 Å². The van der Waals surface area contributed by atoms with Crippen molar-refractivity contribution < 1.29 is 0 Å². The summed E-state index contributed by atoms with van der Waals surface area (Å²) in [5.41, 5.74) is 12.0. The van der Waals surface area contributed by atoms with Crippen LogP contribution in [0.5, 0.6) is 0 Å². The van der Waals surface area contributed by atoms with Gasteiger partial charge in [-0.25, -0.2) is 0 Å². The molecule has 8 rings (SSSR count). The SMILES string of the molecule is c1ccc(-c2ccc3c(-c4cccc(-c5ccncc5)c4)c4ccccc4c(-c4cccc(-c5ccncc5)c4)c3c2)cc1. The molecule has 0 spiro atoms. The Balaban J connectivity index is 1.45. The molecule has 0 atom stereocenters. The van der Waals surface area contributed by atoms with E-state index in [0.29, 0.717) is 0 Å². The molecule has 0 fully saturated rings. The van der Waals surface area contributed by atoms with Gasteiger partial charge in [-0.3, -0.25) is 9.97 Å². The zero-order valence-corrected chi connectivity index (χ0v) is 24.1. The van der Waals surface area contributed by atoms with Crippen LogP contribution in [-0.4, -0.2) is 9.97 Å².